The van der Waals surface area contributed by atoms with Crippen LogP contribution in [0.1, 0.15) is 70.7 Å². The number of fused-ring (bicyclic) bond motifs is 3. The molecule has 2 saturated heterocycles. The number of hydrogen-bond acceptors (Lipinski definition) is 8. The third-order valence-electron chi connectivity index (χ3n) is 11.1. The van der Waals surface area contributed by atoms with Crippen LogP contribution in [0, 0.1) is 11.8 Å². The van der Waals surface area contributed by atoms with E-state index in [0.717, 1.165) is 50.9 Å². The monoisotopic (exact) mass is 798 g/mol. The van der Waals surface area contributed by atoms with Crippen molar-refractivity contribution < 1.29 is 37.4 Å². The number of nitrogens with zero attached hydrogens (tertiary/aromatic N) is 4. The van der Waals surface area contributed by atoms with Crippen LogP contribution in [0.15, 0.2) is 60.8 Å². The first-order chi connectivity index (χ1) is 27.7. The van der Waals surface area contributed by atoms with E-state index in [1.54, 1.807) is 24.9 Å². The Hall–Kier alpha value is -6.06. The average molecular weight is 799 g/mol. The molecular weight excluding hydrogens is 751 g/mol. The van der Waals surface area contributed by atoms with Gasteiger partial charge in [0, 0.05) is 18.4 Å². The van der Waals surface area contributed by atoms with Gasteiger partial charge in [-0.2, -0.15) is 0 Å². The van der Waals surface area contributed by atoms with E-state index in [0.29, 0.717) is 23.4 Å². The standard InChI is InChI=1S/C42H48F2N8O6/c1-22(2)33(49-40(55)57-5)38(53)51-17-7-8-31(51)36-45-20-30(47-36)25-11-9-24(10-12-25)26-13-15-28-27(18-26)14-16-29-35(28)48-37(46-29)32-19-42(43,44)21-52(32)39(54)34(23(3)4)50-41(56)58-6/h9-16,18,20,22-23,31-34H,7-8,17,19,21H2,1-6H3,(H,45,47)(H,46,48)(H,49,55)(H,50,56)/t31-,32-,33-,34-/m0/s1. The van der Waals surface area contributed by atoms with Crippen molar-refractivity contribution >= 4 is 45.8 Å². The van der Waals surface area contributed by atoms with Gasteiger partial charge in [-0.15, -0.1) is 0 Å². The van der Waals surface area contributed by atoms with Gasteiger partial charge in [-0.1, -0.05) is 70.2 Å². The molecule has 58 heavy (non-hydrogen) atoms. The topological polar surface area (TPSA) is 175 Å². The van der Waals surface area contributed by atoms with Crippen molar-refractivity contribution in [1.82, 2.24) is 40.4 Å². The zero-order chi connectivity index (χ0) is 41.5. The van der Waals surface area contributed by atoms with Gasteiger partial charge >= 0.3 is 12.2 Å². The Morgan fingerprint density at radius 2 is 1.41 bits per heavy atom. The Labute approximate surface area is 334 Å². The lowest BCUT2D eigenvalue weighted by atomic mass is 9.99. The molecule has 0 unspecified atom stereocenters. The lowest BCUT2D eigenvalue weighted by Gasteiger charge is -2.30. The molecule has 2 aliphatic heterocycles. The smallest absolute Gasteiger partial charge is 0.407 e. The molecule has 2 aromatic heterocycles. The van der Waals surface area contributed by atoms with Gasteiger partial charge in [0.2, 0.25) is 11.8 Å². The highest BCUT2D eigenvalue weighted by Crippen LogP contribution is 2.42. The third kappa shape index (κ3) is 7.91. The van der Waals surface area contributed by atoms with Crippen LogP contribution in [0.5, 0.6) is 0 Å². The van der Waals surface area contributed by atoms with Crippen LogP contribution in [0.3, 0.4) is 0 Å². The minimum Gasteiger partial charge on any atom is -0.453 e. The van der Waals surface area contributed by atoms with Crippen molar-refractivity contribution in [1.29, 1.82) is 0 Å². The van der Waals surface area contributed by atoms with E-state index >= 15 is 0 Å². The van der Waals surface area contributed by atoms with Gasteiger partial charge in [0.15, 0.2) is 0 Å². The Morgan fingerprint density at radius 1 is 0.793 bits per heavy atom. The minimum atomic E-state index is -3.14. The lowest BCUT2D eigenvalue weighted by molar-refractivity contribution is -0.137. The molecule has 306 valence electrons. The highest BCUT2D eigenvalue weighted by atomic mass is 19.3. The summed E-state index contributed by atoms with van der Waals surface area (Å²) < 4.78 is 39.3. The number of alkyl carbamates (subject to hydrolysis) is 2. The van der Waals surface area contributed by atoms with Gasteiger partial charge in [-0.05, 0) is 58.9 Å². The fourth-order valence-electron chi connectivity index (χ4n) is 8.02. The van der Waals surface area contributed by atoms with E-state index < -0.39 is 55.1 Å². The maximum Gasteiger partial charge on any atom is 0.407 e. The number of aromatic amines is 2. The van der Waals surface area contributed by atoms with Gasteiger partial charge in [0.1, 0.15) is 23.7 Å². The number of imidazole rings is 2. The number of H-pyrrole nitrogens is 2. The number of nitrogens with one attached hydrogen (secondary N) is 4. The normalized spacial score (nSPS) is 18.9. The summed E-state index contributed by atoms with van der Waals surface area (Å²) in [5, 5.41) is 6.89. The molecule has 0 saturated carbocycles. The number of likely N-dealkylation sites (tertiary alicyclic amines) is 2. The average Bonchev–Trinajstić information content (AvgIpc) is 4.03. The van der Waals surface area contributed by atoms with E-state index in [1.165, 1.54) is 14.2 Å². The first-order valence-corrected chi connectivity index (χ1v) is 19.4. The summed E-state index contributed by atoms with van der Waals surface area (Å²) in [5.41, 5.74) is 4.91. The van der Waals surface area contributed by atoms with E-state index in [2.05, 4.69) is 30.3 Å². The van der Waals surface area contributed by atoms with Crippen LogP contribution < -0.4 is 10.6 Å². The van der Waals surface area contributed by atoms with Crippen molar-refractivity contribution in [3.63, 3.8) is 0 Å². The number of carbonyl (C=O) groups excluding carboxylic acids is 4. The summed E-state index contributed by atoms with van der Waals surface area (Å²) in [6.07, 6.45) is 1.26. The first kappa shape index (κ1) is 40.1. The molecule has 4 N–H and O–H groups in total. The second kappa shape index (κ2) is 16.1. The molecule has 4 atom stereocenters. The molecule has 0 radical (unpaired) electrons. The van der Waals surface area contributed by atoms with E-state index in [1.807, 2.05) is 68.4 Å². The molecule has 14 nitrogen and oxygen atoms in total. The van der Waals surface area contributed by atoms with Crippen LogP contribution in [0.4, 0.5) is 18.4 Å². The number of amides is 4. The number of ether oxygens (including phenoxy) is 2. The molecule has 7 rings (SSSR count). The van der Waals surface area contributed by atoms with Crippen molar-refractivity contribution in [3.05, 3.63) is 72.4 Å². The predicted octanol–water partition coefficient (Wildman–Crippen LogP) is 7.11. The minimum absolute atomic E-state index is 0.131. The van der Waals surface area contributed by atoms with Crippen molar-refractivity contribution in [2.45, 2.75) is 77.0 Å². The maximum absolute atomic E-state index is 14.9. The quantitative estimate of drug-likeness (QED) is 0.116. The summed E-state index contributed by atoms with van der Waals surface area (Å²) >= 11 is 0. The molecule has 3 aromatic carbocycles. The van der Waals surface area contributed by atoms with Crippen LogP contribution >= 0.6 is 0 Å². The van der Waals surface area contributed by atoms with Crippen LogP contribution in [-0.4, -0.2) is 99.1 Å². The molecule has 4 amide bonds. The number of benzene rings is 3. The van der Waals surface area contributed by atoms with E-state index in [4.69, 9.17) is 9.72 Å². The number of rotatable bonds is 10. The second-order valence-corrected chi connectivity index (χ2v) is 15.7. The highest BCUT2D eigenvalue weighted by molar-refractivity contribution is 6.05. The molecule has 4 heterocycles. The molecule has 0 bridgehead atoms. The van der Waals surface area contributed by atoms with Gasteiger partial charge in [-0.25, -0.2) is 28.3 Å². The van der Waals surface area contributed by atoms with Crippen LogP contribution in [0.2, 0.25) is 0 Å². The summed E-state index contributed by atoms with van der Waals surface area (Å²) in [7, 11) is 2.45. The molecule has 16 heteroatoms. The Bertz CT molecular complexity index is 2340. The number of halogens is 2. The summed E-state index contributed by atoms with van der Waals surface area (Å²) in [6.45, 7) is 6.98. The Balaban J connectivity index is 1.09. The molecule has 2 aliphatic rings. The second-order valence-electron chi connectivity index (χ2n) is 15.7. The molecule has 5 aromatic rings. The maximum atomic E-state index is 14.9. The van der Waals surface area contributed by atoms with Crippen molar-refractivity contribution in [3.8, 4) is 22.4 Å². The van der Waals surface area contributed by atoms with Gasteiger partial charge in [-0.3, -0.25) is 9.59 Å². The molecule has 2 fully saturated rings. The summed E-state index contributed by atoms with van der Waals surface area (Å²) in [4.78, 5) is 70.1. The number of hydrogen-bond donors (Lipinski definition) is 4. The Morgan fingerprint density at radius 3 is 2.05 bits per heavy atom. The van der Waals surface area contributed by atoms with Crippen molar-refractivity contribution in [2.24, 2.45) is 11.8 Å². The number of carbonyl (C=O) groups is 4. The Kier molecular flexibility index (Phi) is 11.1. The fraction of sp³-hybridized carbons (Fsp3) is 0.429. The van der Waals surface area contributed by atoms with Crippen LogP contribution in [-0.2, 0) is 19.1 Å². The van der Waals surface area contributed by atoms with E-state index in [9.17, 15) is 28.0 Å². The summed E-state index contributed by atoms with van der Waals surface area (Å²) in [5.74, 6) is -3.51. The number of methoxy groups -OCH3 is 2. The van der Waals surface area contributed by atoms with Gasteiger partial charge in [0.05, 0.1) is 55.8 Å². The SMILES string of the molecule is COC(=O)N[C@H](C(=O)N1CCC[C@H]1c1ncc(-c2ccc(-c3ccc4c(ccc5[nH]c([C@@H]6CC(F)(F)CN6C(=O)[C@@H](NC(=O)OC)C(C)C)nc54)c3)cc2)[nH]1)C(C)C. The highest BCUT2D eigenvalue weighted by Gasteiger charge is 2.50. The van der Waals surface area contributed by atoms with Gasteiger partial charge in [0.25, 0.3) is 5.92 Å². The molecule has 0 spiro atoms. The van der Waals surface area contributed by atoms with Crippen molar-refractivity contribution in [2.75, 3.05) is 27.3 Å². The fourth-order valence-corrected chi connectivity index (χ4v) is 8.02. The zero-order valence-corrected chi connectivity index (χ0v) is 33.3. The lowest BCUT2D eigenvalue weighted by Crippen LogP contribution is -2.51. The largest absolute Gasteiger partial charge is 0.453 e. The van der Waals surface area contributed by atoms with E-state index in [-0.39, 0.29) is 29.6 Å². The third-order valence-corrected chi connectivity index (χ3v) is 11.1. The zero-order valence-electron chi connectivity index (χ0n) is 33.3. The molecular formula is C42H48F2N8O6. The van der Waals surface area contributed by atoms with Crippen LogP contribution in [0.25, 0.3) is 44.2 Å². The number of alkyl halides is 2. The molecule has 0 aliphatic carbocycles. The first-order valence-electron chi connectivity index (χ1n) is 19.4. The summed E-state index contributed by atoms with van der Waals surface area (Å²) in [6, 6.07) is 14.8. The predicted molar refractivity (Wildman–Crippen MR) is 213 cm³/mol. The number of aromatic nitrogens is 4. The van der Waals surface area contributed by atoms with Gasteiger partial charge < -0.3 is 39.9 Å².